The van der Waals surface area contributed by atoms with E-state index in [1.807, 2.05) is 26.0 Å². The summed E-state index contributed by atoms with van der Waals surface area (Å²) in [5.74, 6) is 0.185. The molecule has 0 radical (unpaired) electrons. The summed E-state index contributed by atoms with van der Waals surface area (Å²) in [7, 11) is -3.42. The third-order valence-electron chi connectivity index (χ3n) is 3.72. The van der Waals surface area contributed by atoms with Gasteiger partial charge in [0.1, 0.15) is 0 Å². The normalized spacial score (nSPS) is 21.2. The quantitative estimate of drug-likeness (QED) is 0.917. The van der Waals surface area contributed by atoms with Crippen molar-refractivity contribution < 1.29 is 8.42 Å². The lowest BCUT2D eigenvalue weighted by atomic mass is 10.0. The highest BCUT2D eigenvalue weighted by molar-refractivity contribution is 7.89. The van der Waals surface area contributed by atoms with Gasteiger partial charge >= 0.3 is 0 Å². The number of nitrogens with two attached hydrogens (primary N) is 1. The Labute approximate surface area is 115 Å². The fourth-order valence-corrected chi connectivity index (χ4v) is 4.74. The van der Waals surface area contributed by atoms with Gasteiger partial charge in [-0.2, -0.15) is 4.31 Å². The molecule has 0 aliphatic carbocycles. The summed E-state index contributed by atoms with van der Waals surface area (Å²) in [5.41, 5.74) is 6.57. The Morgan fingerprint density at radius 3 is 2.68 bits per heavy atom. The van der Waals surface area contributed by atoms with Gasteiger partial charge in [-0.25, -0.2) is 8.42 Å². The fraction of sp³-hybridized carbons (Fsp3) is 0.571. The molecule has 1 saturated heterocycles. The van der Waals surface area contributed by atoms with Crippen LogP contribution in [0.25, 0.3) is 0 Å². The van der Waals surface area contributed by atoms with Crippen LogP contribution in [0.5, 0.6) is 0 Å². The second kappa shape index (κ2) is 5.61. The maximum atomic E-state index is 12.8. The summed E-state index contributed by atoms with van der Waals surface area (Å²) in [6, 6.07) is 7.22. The van der Waals surface area contributed by atoms with Gasteiger partial charge in [-0.1, -0.05) is 32.0 Å². The van der Waals surface area contributed by atoms with Crippen LogP contribution in [0.1, 0.15) is 38.2 Å². The molecule has 1 aromatic rings. The summed E-state index contributed by atoms with van der Waals surface area (Å²) in [5, 5.41) is 0. The lowest BCUT2D eigenvalue weighted by Gasteiger charge is -2.24. The smallest absolute Gasteiger partial charge is 0.243 e. The van der Waals surface area contributed by atoms with E-state index in [1.54, 1.807) is 16.4 Å². The van der Waals surface area contributed by atoms with Gasteiger partial charge in [-0.3, -0.25) is 0 Å². The molecule has 4 nitrogen and oxygen atoms in total. The van der Waals surface area contributed by atoms with Gasteiger partial charge in [-0.15, -0.1) is 0 Å². The van der Waals surface area contributed by atoms with Crippen molar-refractivity contribution in [2.24, 2.45) is 5.73 Å². The second-order valence-electron chi connectivity index (χ2n) is 5.34. The van der Waals surface area contributed by atoms with E-state index in [0.29, 0.717) is 18.0 Å². The van der Waals surface area contributed by atoms with Crippen LogP contribution < -0.4 is 5.73 Å². The minimum atomic E-state index is -3.42. The molecule has 0 saturated carbocycles. The molecule has 0 spiro atoms. The van der Waals surface area contributed by atoms with Crippen LogP contribution >= 0.6 is 0 Å². The van der Waals surface area contributed by atoms with Crippen molar-refractivity contribution in [2.75, 3.05) is 13.1 Å². The summed E-state index contributed by atoms with van der Waals surface area (Å²) in [6.07, 6.45) is 1.75. The predicted molar refractivity (Wildman–Crippen MR) is 76.5 cm³/mol. The van der Waals surface area contributed by atoms with E-state index in [9.17, 15) is 8.42 Å². The Hall–Kier alpha value is -0.910. The van der Waals surface area contributed by atoms with Gasteiger partial charge in [0.25, 0.3) is 0 Å². The Morgan fingerprint density at radius 2 is 2.05 bits per heavy atom. The predicted octanol–water partition coefficient (Wildman–Crippen LogP) is 1.92. The van der Waals surface area contributed by atoms with Crippen LogP contribution in [0.2, 0.25) is 0 Å². The van der Waals surface area contributed by atoms with Gasteiger partial charge in [0, 0.05) is 19.1 Å². The monoisotopic (exact) mass is 282 g/mol. The summed E-state index contributed by atoms with van der Waals surface area (Å²) in [4.78, 5) is 0.436. The largest absolute Gasteiger partial charge is 0.329 e. The molecule has 1 heterocycles. The Morgan fingerprint density at radius 1 is 1.37 bits per heavy atom. The van der Waals surface area contributed by atoms with Crippen molar-refractivity contribution in [3.8, 4) is 0 Å². The Bertz CT molecular complexity index is 540. The highest BCUT2D eigenvalue weighted by atomic mass is 32.2. The third-order valence-corrected chi connectivity index (χ3v) is 5.75. The second-order valence-corrected chi connectivity index (χ2v) is 7.20. The average molecular weight is 282 g/mol. The van der Waals surface area contributed by atoms with E-state index in [-0.39, 0.29) is 12.0 Å². The fourth-order valence-electron chi connectivity index (χ4n) is 2.68. The first-order valence-electron chi connectivity index (χ1n) is 6.79. The van der Waals surface area contributed by atoms with Crippen LogP contribution in [0.4, 0.5) is 0 Å². The Kier molecular flexibility index (Phi) is 4.28. The molecule has 2 rings (SSSR count). The number of sulfonamides is 1. The SMILES string of the molecule is CC(C)c1ccccc1S(=O)(=O)N1CCCC1CN. The van der Waals surface area contributed by atoms with Crippen molar-refractivity contribution in [3.05, 3.63) is 29.8 Å². The summed E-state index contributed by atoms with van der Waals surface area (Å²) < 4.78 is 27.2. The molecule has 1 aliphatic heterocycles. The third kappa shape index (κ3) is 2.68. The first-order chi connectivity index (χ1) is 8.98. The minimum Gasteiger partial charge on any atom is -0.329 e. The molecule has 1 atom stereocenters. The zero-order chi connectivity index (χ0) is 14.0. The maximum Gasteiger partial charge on any atom is 0.243 e. The number of hydrogen-bond donors (Lipinski definition) is 1. The van der Waals surface area contributed by atoms with E-state index in [0.717, 1.165) is 18.4 Å². The van der Waals surface area contributed by atoms with Gasteiger partial charge in [0.05, 0.1) is 4.90 Å². The van der Waals surface area contributed by atoms with Gasteiger partial charge in [0.15, 0.2) is 0 Å². The average Bonchev–Trinajstić information content (AvgIpc) is 2.87. The van der Waals surface area contributed by atoms with Crippen LogP contribution in [-0.2, 0) is 10.0 Å². The summed E-state index contributed by atoms with van der Waals surface area (Å²) in [6.45, 7) is 5.00. The highest BCUT2D eigenvalue weighted by Crippen LogP contribution is 2.30. The zero-order valence-electron chi connectivity index (χ0n) is 11.5. The number of nitrogens with zero attached hydrogens (tertiary/aromatic N) is 1. The van der Waals surface area contributed by atoms with Crippen molar-refractivity contribution >= 4 is 10.0 Å². The molecule has 0 aromatic heterocycles. The van der Waals surface area contributed by atoms with E-state index < -0.39 is 10.0 Å². The molecule has 0 amide bonds. The van der Waals surface area contributed by atoms with E-state index in [4.69, 9.17) is 5.73 Å². The minimum absolute atomic E-state index is 0.0507. The molecule has 1 aromatic carbocycles. The molecular weight excluding hydrogens is 260 g/mol. The molecule has 0 bridgehead atoms. The Balaban J connectivity index is 2.45. The molecule has 1 fully saturated rings. The first kappa shape index (κ1) is 14.5. The lowest BCUT2D eigenvalue weighted by Crippen LogP contribution is -2.40. The molecule has 19 heavy (non-hydrogen) atoms. The number of rotatable bonds is 4. The van der Waals surface area contributed by atoms with Crippen LogP contribution in [0.15, 0.2) is 29.2 Å². The zero-order valence-corrected chi connectivity index (χ0v) is 12.4. The van der Waals surface area contributed by atoms with Crippen molar-refractivity contribution in [1.29, 1.82) is 0 Å². The molecular formula is C14H22N2O2S. The topological polar surface area (TPSA) is 63.4 Å². The standard InChI is InChI=1S/C14H22N2O2S/c1-11(2)13-7-3-4-8-14(13)19(17,18)16-9-5-6-12(16)10-15/h3-4,7-8,11-12H,5-6,9-10,15H2,1-2H3. The van der Waals surface area contributed by atoms with E-state index in [2.05, 4.69) is 0 Å². The molecule has 1 aliphatic rings. The van der Waals surface area contributed by atoms with Crippen LogP contribution in [-0.4, -0.2) is 31.9 Å². The molecule has 5 heteroatoms. The van der Waals surface area contributed by atoms with E-state index in [1.165, 1.54) is 0 Å². The van der Waals surface area contributed by atoms with Crippen molar-refractivity contribution in [2.45, 2.75) is 43.5 Å². The lowest BCUT2D eigenvalue weighted by molar-refractivity contribution is 0.392. The van der Waals surface area contributed by atoms with Crippen molar-refractivity contribution in [3.63, 3.8) is 0 Å². The number of benzene rings is 1. The van der Waals surface area contributed by atoms with Gasteiger partial charge in [-0.05, 0) is 30.4 Å². The van der Waals surface area contributed by atoms with E-state index >= 15 is 0 Å². The molecule has 1 unspecified atom stereocenters. The van der Waals surface area contributed by atoms with Gasteiger partial charge in [0.2, 0.25) is 10.0 Å². The number of hydrogen-bond acceptors (Lipinski definition) is 3. The first-order valence-corrected chi connectivity index (χ1v) is 8.23. The summed E-state index contributed by atoms with van der Waals surface area (Å²) >= 11 is 0. The highest BCUT2D eigenvalue weighted by Gasteiger charge is 2.35. The molecule has 2 N–H and O–H groups in total. The van der Waals surface area contributed by atoms with Gasteiger partial charge < -0.3 is 5.73 Å². The van der Waals surface area contributed by atoms with Crippen LogP contribution in [0.3, 0.4) is 0 Å². The molecule has 106 valence electrons. The van der Waals surface area contributed by atoms with Crippen molar-refractivity contribution in [1.82, 2.24) is 4.31 Å². The maximum absolute atomic E-state index is 12.8. The van der Waals surface area contributed by atoms with Crippen LogP contribution in [0, 0.1) is 0 Å².